The van der Waals surface area contributed by atoms with Crippen molar-refractivity contribution in [2.24, 2.45) is 5.16 Å². The van der Waals surface area contributed by atoms with Crippen LogP contribution in [0, 0.1) is 0 Å². The average Bonchev–Trinajstić information content (AvgIpc) is 2.93. The standard InChI is InChI=1S/C16H12ClN3O/c17-14-8-6-12(7-9-14)16-13(10-18-21)11-20(19-16)15-4-2-1-3-5-15/h1-11,21H. The molecule has 1 heterocycles. The SMILES string of the molecule is ON=Cc1cn(-c2ccccc2)nc1-c1ccc(Cl)cc1. The molecule has 0 radical (unpaired) electrons. The van der Waals surface area contributed by atoms with E-state index < -0.39 is 0 Å². The van der Waals surface area contributed by atoms with Crippen LogP contribution in [0.1, 0.15) is 5.56 Å². The van der Waals surface area contributed by atoms with Crippen LogP contribution in [0.15, 0.2) is 65.9 Å². The largest absolute Gasteiger partial charge is 0.411 e. The van der Waals surface area contributed by atoms with Crippen molar-refractivity contribution in [3.63, 3.8) is 0 Å². The zero-order chi connectivity index (χ0) is 14.7. The van der Waals surface area contributed by atoms with E-state index in [1.54, 1.807) is 16.8 Å². The lowest BCUT2D eigenvalue weighted by molar-refractivity contribution is 0.322. The molecule has 3 aromatic rings. The predicted molar refractivity (Wildman–Crippen MR) is 83.4 cm³/mol. The van der Waals surface area contributed by atoms with Gasteiger partial charge in [0.15, 0.2) is 0 Å². The van der Waals surface area contributed by atoms with Gasteiger partial charge in [-0.05, 0) is 24.3 Å². The molecule has 0 saturated heterocycles. The molecule has 0 amide bonds. The molecule has 4 nitrogen and oxygen atoms in total. The van der Waals surface area contributed by atoms with E-state index in [1.807, 2.05) is 48.7 Å². The van der Waals surface area contributed by atoms with Crippen LogP contribution >= 0.6 is 11.6 Å². The number of hydrogen-bond donors (Lipinski definition) is 1. The van der Waals surface area contributed by atoms with Crippen molar-refractivity contribution >= 4 is 17.8 Å². The molecule has 5 heteroatoms. The topological polar surface area (TPSA) is 50.4 Å². The number of nitrogens with zero attached hydrogens (tertiary/aromatic N) is 3. The summed E-state index contributed by atoms with van der Waals surface area (Å²) in [5, 5.41) is 17.2. The van der Waals surface area contributed by atoms with Crippen molar-refractivity contribution in [1.82, 2.24) is 9.78 Å². The predicted octanol–water partition coefficient (Wildman–Crippen LogP) is 4.00. The first-order valence-electron chi connectivity index (χ1n) is 6.36. The van der Waals surface area contributed by atoms with Crippen LogP contribution in [0.25, 0.3) is 16.9 Å². The van der Waals surface area contributed by atoms with E-state index in [2.05, 4.69) is 10.3 Å². The van der Waals surface area contributed by atoms with E-state index in [4.69, 9.17) is 16.8 Å². The molecule has 21 heavy (non-hydrogen) atoms. The van der Waals surface area contributed by atoms with Crippen LogP contribution in [0.4, 0.5) is 0 Å². The Kier molecular flexibility index (Phi) is 3.71. The summed E-state index contributed by atoms with van der Waals surface area (Å²) in [6, 6.07) is 17.1. The lowest BCUT2D eigenvalue weighted by Gasteiger charge is -2.00. The molecule has 1 aromatic heterocycles. The first-order chi connectivity index (χ1) is 10.3. The van der Waals surface area contributed by atoms with Gasteiger partial charge in [-0.1, -0.05) is 47.1 Å². The summed E-state index contributed by atoms with van der Waals surface area (Å²) in [7, 11) is 0. The zero-order valence-corrected chi connectivity index (χ0v) is 11.8. The van der Waals surface area contributed by atoms with Gasteiger partial charge in [-0.3, -0.25) is 0 Å². The summed E-state index contributed by atoms with van der Waals surface area (Å²) < 4.78 is 1.75. The quantitative estimate of drug-likeness (QED) is 0.451. The fraction of sp³-hybridized carbons (Fsp3) is 0. The van der Waals surface area contributed by atoms with Crippen LogP contribution in [-0.4, -0.2) is 21.2 Å². The zero-order valence-electron chi connectivity index (χ0n) is 11.0. The third-order valence-corrected chi connectivity index (χ3v) is 3.33. The Morgan fingerprint density at radius 1 is 1.05 bits per heavy atom. The van der Waals surface area contributed by atoms with Crippen molar-refractivity contribution in [2.45, 2.75) is 0 Å². The fourth-order valence-corrected chi connectivity index (χ4v) is 2.22. The number of oxime groups is 1. The molecule has 0 aliphatic rings. The third kappa shape index (κ3) is 2.80. The number of benzene rings is 2. The highest BCUT2D eigenvalue weighted by atomic mass is 35.5. The van der Waals surface area contributed by atoms with Gasteiger partial charge < -0.3 is 5.21 Å². The lowest BCUT2D eigenvalue weighted by atomic mass is 10.1. The second-order valence-electron chi connectivity index (χ2n) is 4.46. The van der Waals surface area contributed by atoms with Crippen molar-refractivity contribution < 1.29 is 5.21 Å². The lowest BCUT2D eigenvalue weighted by Crippen LogP contribution is -1.93. The molecule has 0 fully saturated rings. The molecule has 2 aromatic carbocycles. The number of hydrogen-bond acceptors (Lipinski definition) is 3. The minimum atomic E-state index is 0.665. The Balaban J connectivity index is 2.11. The maximum atomic E-state index is 8.83. The Labute approximate surface area is 126 Å². The molecular formula is C16H12ClN3O. The van der Waals surface area contributed by atoms with Gasteiger partial charge in [-0.2, -0.15) is 5.10 Å². The molecule has 0 bridgehead atoms. The first kappa shape index (κ1) is 13.4. The molecule has 0 unspecified atom stereocenters. The van der Waals surface area contributed by atoms with Crippen molar-refractivity contribution in [3.8, 4) is 16.9 Å². The summed E-state index contributed by atoms with van der Waals surface area (Å²) in [4.78, 5) is 0. The summed E-state index contributed by atoms with van der Waals surface area (Å²) in [5.74, 6) is 0. The summed E-state index contributed by atoms with van der Waals surface area (Å²) >= 11 is 5.91. The van der Waals surface area contributed by atoms with Crippen LogP contribution in [0.5, 0.6) is 0 Å². The van der Waals surface area contributed by atoms with E-state index in [1.165, 1.54) is 6.21 Å². The Morgan fingerprint density at radius 2 is 1.76 bits per heavy atom. The van der Waals surface area contributed by atoms with Gasteiger partial charge in [0.25, 0.3) is 0 Å². The van der Waals surface area contributed by atoms with Crippen LogP contribution in [0.3, 0.4) is 0 Å². The number of para-hydroxylation sites is 1. The Hall–Kier alpha value is -2.59. The monoisotopic (exact) mass is 297 g/mol. The van der Waals surface area contributed by atoms with Gasteiger partial charge in [-0.25, -0.2) is 4.68 Å². The molecule has 0 saturated carbocycles. The molecule has 0 aliphatic carbocycles. The molecule has 104 valence electrons. The maximum Gasteiger partial charge on any atom is 0.102 e. The second kappa shape index (κ2) is 5.81. The van der Waals surface area contributed by atoms with Gasteiger partial charge in [0, 0.05) is 22.3 Å². The normalized spacial score (nSPS) is 11.1. The number of aromatic nitrogens is 2. The third-order valence-electron chi connectivity index (χ3n) is 3.08. The Morgan fingerprint density at radius 3 is 2.43 bits per heavy atom. The summed E-state index contributed by atoms with van der Waals surface area (Å²) in [6.07, 6.45) is 3.19. The van der Waals surface area contributed by atoms with E-state index in [-0.39, 0.29) is 0 Å². The average molecular weight is 298 g/mol. The fourth-order valence-electron chi connectivity index (χ4n) is 2.09. The van der Waals surface area contributed by atoms with E-state index in [0.29, 0.717) is 5.02 Å². The smallest absolute Gasteiger partial charge is 0.102 e. The van der Waals surface area contributed by atoms with Crippen molar-refractivity contribution in [3.05, 3.63) is 71.4 Å². The Bertz CT molecular complexity index is 764. The van der Waals surface area contributed by atoms with Gasteiger partial charge in [0.05, 0.1) is 11.9 Å². The van der Waals surface area contributed by atoms with Crippen LogP contribution in [-0.2, 0) is 0 Å². The molecule has 3 rings (SSSR count). The minimum absolute atomic E-state index is 0.665. The van der Waals surface area contributed by atoms with E-state index in [0.717, 1.165) is 22.5 Å². The highest BCUT2D eigenvalue weighted by molar-refractivity contribution is 6.30. The van der Waals surface area contributed by atoms with Gasteiger partial charge in [0.2, 0.25) is 0 Å². The maximum absolute atomic E-state index is 8.83. The van der Waals surface area contributed by atoms with Gasteiger partial charge in [0.1, 0.15) is 5.69 Å². The van der Waals surface area contributed by atoms with Gasteiger partial charge in [-0.15, -0.1) is 0 Å². The number of halogens is 1. The minimum Gasteiger partial charge on any atom is -0.411 e. The van der Waals surface area contributed by atoms with Gasteiger partial charge >= 0.3 is 0 Å². The van der Waals surface area contributed by atoms with Crippen molar-refractivity contribution in [2.75, 3.05) is 0 Å². The molecule has 0 spiro atoms. The van der Waals surface area contributed by atoms with Crippen LogP contribution < -0.4 is 0 Å². The van der Waals surface area contributed by atoms with E-state index >= 15 is 0 Å². The van der Waals surface area contributed by atoms with Crippen molar-refractivity contribution in [1.29, 1.82) is 0 Å². The molecular weight excluding hydrogens is 286 g/mol. The highest BCUT2D eigenvalue weighted by Crippen LogP contribution is 2.24. The van der Waals surface area contributed by atoms with E-state index in [9.17, 15) is 0 Å². The molecule has 0 atom stereocenters. The highest BCUT2D eigenvalue weighted by Gasteiger charge is 2.11. The number of rotatable bonds is 3. The molecule has 1 N–H and O–H groups in total. The van der Waals surface area contributed by atoms with Crippen LogP contribution in [0.2, 0.25) is 5.02 Å². The summed E-state index contributed by atoms with van der Waals surface area (Å²) in [5.41, 5.74) is 3.30. The molecule has 0 aliphatic heterocycles. The second-order valence-corrected chi connectivity index (χ2v) is 4.90. The summed E-state index contributed by atoms with van der Waals surface area (Å²) in [6.45, 7) is 0. The first-order valence-corrected chi connectivity index (χ1v) is 6.74.